The van der Waals surface area contributed by atoms with E-state index in [2.05, 4.69) is 54.8 Å². The molecule has 0 aromatic heterocycles. The molecule has 0 aromatic rings. The van der Waals surface area contributed by atoms with Crippen molar-refractivity contribution in [1.29, 1.82) is 0 Å². The average Bonchev–Trinajstić information content (AvgIpc) is 3.47. The van der Waals surface area contributed by atoms with Crippen LogP contribution in [0.3, 0.4) is 0 Å². The third-order valence-electron chi connectivity index (χ3n) is 9.53. The number of hydrogen-bond acceptors (Lipinski definition) is 12. The number of carbonyl (C=O) groups is 3. The second kappa shape index (κ2) is 34.0. The number of unbranched alkanes of at least 4 members (excludes halogenated alkanes) is 8. The van der Waals surface area contributed by atoms with Gasteiger partial charge in [0.2, 0.25) is 0 Å². The Labute approximate surface area is 346 Å². The molecule has 0 aliphatic heterocycles. The van der Waals surface area contributed by atoms with Gasteiger partial charge in [-0.15, -0.1) is 0 Å². The lowest BCUT2D eigenvalue weighted by Gasteiger charge is -2.20. The zero-order valence-electron chi connectivity index (χ0n) is 35.0. The minimum absolute atomic E-state index is 0.0135. The number of carbonyl (C=O) groups excluding carboxylic acids is 3. The van der Waals surface area contributed by atoms with Gasteiger partial charge in [-0.2, -0.15) is 0 Å². The molecule has 1 fully saturated rings. The third-order valence-corrected chi connectivity index (χ3v) is 10.5. The van der Waals surface area contributed by atoms with Gasteiger partial charge in [0.15, 0.2) is 6.10 Å². The number of phosphoric ester groups is 1. The van der Waals surface area contributed by atoms with Gasteiger partial charge >= 0.3 is 19.8 Å². The van der Waals surface area contributed by atoms with E-state index in [9.17, 15) is 39.2 Å². The van der Waals surface area contributed by atoms with E-state index in [0.29, 0.717) is 32.1 Å². The quantitative estimate of drug-likeness (QED) is 0.0180. The fourth-order valence-corrected chi connectivity index (χ4v) is 6.95. The van der Waals surface area contributed by atoms with E-state index >= 15 is 0 Å². The molecule has 332 valence electrons. The van der Waals surface area contributed by atoms with Crippen molar-refractivity contribution in [3.63, 3.8) is 0 Å². The van der Waals surface area contributed by atoms with Gasteiger partial charge in [0.25, 0.3) is 0 Å². The Morgan fingerprint density at radius 1 is 0.793 bits per heavy atom. The molecular weight excluding hydrogens is 767 g/mol. The first-order valence-electron chi connectivity index (χ1n) is 21.3. The summed E-state index contributed by atoms with van der Waals surface area (Å²) in [7, 11) is -4.70. The molecule has 0 amide bonds. The summed E-state index contributed by atoms with van der Waals surface area (Å²) in [6, 6.07) is 0. The van der Waals surface area contributed by atoms with Gasteiger partial charge in [-0.05, 0) is 64.2 Å². The summed E-state index contributed by atoms with van der Waals surface area (Å²) in [4.78, 5) is 47.6. The van der Waals surface area contributed by atoms with Crippen LogP contribution in [0.15, 0.2) is 60.8 Å². The van der Waals surface area contributed by atoms with Crippen LogP contribution in [0.4, 0.5) is 0 Å². The highest BCUT2D eigenvalue weighted by atomic mass is 31.2. The number of hydrogen-bond donors (Lipinski definition) is 5. The standard InChI is InChI=1S/C44H73O13P/c1-3-5-7-8-9-10-11-12-13-14-15-16-17-18-23-27-43(50)54-34-38(35-56-58(52,53)55-33-37(47)32-45)57-44(51)28-24-20-19-22-26-39-40(42(49)31-41(39)48)30-29-36(46)25-21-6-4-2/h5,7,9-10,12-13,19,22,29-30,36-41,45-48H,3-4,6,8,11,14-18,20-21,23-28,31-35H2,1-2H3,(H,52,53)/b7-5-,10-9-,13-12-,22-19-,30-29+/t36-,37-,38+,39+,40+,41-/m0/s1. The number of ketones is 1. The van der Waals surface area contributed by atoms with Crippen molar-refractivity contribution in [1.82, 2.24) is 0 Å². The molecule has 1 unspecified atom stereocenters. The van der Waals surface area contributed by atoms with Crippen LogP contribution in [0.25, 0.3) is 0 Å². The van der Waals surface area contributed by atoms with Crippen molar-refractivity contribution in [3.05, 3.63) is 60.8 Å². The molecular formula is C44H73O13P. The van der Waals surface area contributed by atoms with Gasteiger partial charge in [0.05, 0.1) is 32.0 Å². The molecule has 1 saturated carbocycles. The molecule has 58 heavy (non-hydrogen) atoms. The number of allylic oxidation sites excluding steroid dienone is 9. The lowest BCUT2D eigenvalue weighted by molar-refractivity contribution is -0.161. The minimum Gasteiger partial charge on any atom is -0.462 e. The summed E-state index contributed by atoms with van der Waals surface area (Å²) in [6.07, 6.45) is 29.8. The highest BCUT2D eigenvalue weighted by Crippen LogP contribution is 2.43. The number of ether oxygens (including phenoxy) is 2. The van der Waals surface area contributed by atoms with Gasteiger partial charge in [0.1, 0.15) is 18.5 Å². The molecule has 1 rings (SSSR count). The molecule has 0 aromatic carbocycles. The van der Waals surface area contributed by atoms with Gasteiger partial charge in [-0.25, -0.2) is 4.57 Å². The molecule has 0 bridgehead atoms. The van der Waals surface area contributed by atoms with Crippen molar-refractivity contribution in [2.45, 2.75) is 160 Å². The van der Waals surface area contributed by atoms with E-state index in [4.69, 9.17) is 19.1 Å². The van der Waals surface area contributed by atoms with E-state index in [0.717, 1.165) is 70.6 Å². The molecule has 0 spiro atoms. The lowest BCUT2D eigenvalue weighted by atomic mass is 9.90. The summed E-state index contributed by atoms with van der Waals surface area (Å²) >= 11 is 0. The molecule has 1 aliphatic rings. The van der Waals surface area contributed by atoms with Crippen LogP contribution < -0.4 is 0 Å². The molecule has 0 radical (unpaired) electrons. The highest BCUT2D eigenvalue weighted by Gasteiger charge is 2.39. The summed E-state index contributed by atoms with van der Waals surface area (Å²) in [5.41, 5.74) is 0. The fraction of sp³-hybridized carbons (Fsp3) is 0.705. The Bertz CT molecular complexity index is 1310. The van der Waals surface area contributed by atoms with E-state index in [1.807, 2.05) is 12.2 Å². The first-order valence-corrected chi connectivity index (χ1v) is 22.8. The normalized spacial score (nSPS) is 20.2. The van der Waals surface area contributed by atoms with Crippen LogP contribution >= 0.6 is 7.82 Å². The van der Waals surface area contributed by atoms with Crippen LogP contribution in [0, 0.1) is 11.8 Å². The van der Waals surface area contributed by atoms with Crippen molar-refractivity contribution in [2.24, 2.45) is 11.8 Å². The van der Waals surface area contributed by atoms with Crippen LogP contribution in [0.2, 0.25) is 0 Å². The molecule has 7 atom stereocenters. The first kappa shape index (κ1) is 53.3. The van der Waals surface area contributed by atoms with E-state index in [1.54, 1.807) is 12.2 Å². The molecule has 5 N–H and O–H groups in total. The Morgan fingerprint density at radius 2 is 1.43 bits per heavy atom. The van der Waals surface area contributed by atoms with Crippen LogP contribution in [0.1, 0.15) is 136 Å². The molecule has 0 saturated heterocycles. The monoisotopic (exact) mass is 840 g/mol. The average molecular weight is 841 g/mol. The number of aliphatic hydroxyl groups excluding tert-OH is 4. The Kier molecular flexibility index (Phi) is 31.3. The van der Waals surface area contributed by atoms with E-state index < -0.39 is 76.5 Å². The maximum absolute atomic E-state index is 12.7. The maximum atomic E-state index is 12.7. The number of aliphatic hydroxyl groups is 4. The lowest BCUT2D eigenvalue weighted by Crippen LogP contribution is -2.29. The van der Waals surface area contributed by atoms with Gasteiger partial charge < -0.3 is 34.8 Å². The van der Waals surface area contributed by atoms with Gasteiger partial charge in [-0.3, -0.25) is 23.4 Å². The zero-order chi connectivity index (χ0) is 42.9. The number of rotatable bonds is 35. The van der Waals surface area contributed by atoms with Crippen LogP contribution in [0.5, 0.6) is 0 Å². The third kappa shape index (κ3) is 27.9. The molecule has 13 nitrogen and oxygen atoms in total. The van der Waals surface area contributed by atoms with E-state index in [-0.39, 0.29) is 31.0 Å². The second-order valence-electron chi connectivity index (χ2n) is 14.8. The van der Waals surface area contributed by atoms with E-state index in [1.165, 1.54) is 0 Å². The van der Waals surface area contributed by atoms with Crippen LogP contribution in [-0.2, 0) is 37.5 Å². The molecule has 14 heteroatoms. The van der Waals surface area contributed by atoms with Crippen LogP contribution in [-0.4, -0.2) is 93.9 Å². The topological polar surface area (TPSA) is 206 Å². The zero-order valence-corrected chi connectivity index (χ0v) is 35.8. The Morgan fingerprint density at radius 3 is 2.16 bits per heavy atom. The summed E-state index contributed by atoms with van der Waals surface area (Å²) in [6.45, 7) is 1.81. The smallest absolute Gasteiger partial charge is 0.462 e. The summed E-state index contributed by atoms with van der Waals surface area (Å²) in [5.74, 6) is -1.97. The summed E-state index contributed by atoms with van der Waals surface area (Å²) < 4.78 is 32.6. The first-order chi connectivity index (χ1) is 27.9. The van der Waals surface area contributed by atoms with Crippen molar-refractivity contribution in [2.75, 3.05) is 26.4 Å². The SMILES string of the molecule is CC/C=C\C/C=C\C/C=C\CCCCCCCC(=O)OC[C@H](COP(=O)(O)OC[C@@H](O)CO)OC(=O)CCC/C=C\C[C@H]1[C@@H](O)CC(=O)[C@@H]1/C=C/[C@@H](O)CCCCC. The Balaban J connectivity index is 2.51. The van der Waals surface area contributed by atoms with Crippen molar-refractivity contribution < 1.29 is 62.8 Å². The van der Waals surface area contributed by atoms with Gasteiger partial charge in [-0.1, -0.05) is 113 Å². The predicted octanol–water partition coefficient (Wildman–Crippen LogP) is 7.70. The highest BCUT2D eigenvalue weighted by molar-refractivity contribution is 7.47. The fourth-order valence-electron chi connectivity index (χ4n) is 6.16. The van der Waals surface area contributed by atoms with Crippen molar-refractivity contribution >= 4 is 25.5 Å². The second-order valence-corrected chi connectivity index (χ2v) is 16.2. The van der Waals surface area contributed by atoms with Gasteiger partial charge in [0, 0.05) is 31.1 Å². The summed E-state index contributed by atoms with van der Waals surface area (Å²) in [5, 5.41) is 39.1. The molecule has 0 heterocycles. The number of phosphoric acid groups is 1. The molecule has 1 aliphatic carbocycles. The van der Waals surface area contributed by atoms with Crippen molar-refractivity contribution in [3.8, 4) is 0 Å². The number of esters is 2. The minimum atomic E-state index is -4.70. The Hall–Kier alpha value is -2.74. The largest absolute Gasteiger partial charge is 0.472 e. The predicted molar refractivity (Wildman–Crippen MR) is 224 cm³/mol. The maximum Gasteiger partial charge on any atom is 0.472 e. The number of Topliss-reactive ketones (excluding diaryl/α,β-unsaturated/α-hetero) is 1.